The Bertz CT molecular complexity index is 788. The third kappa shape index (κ3) is 2.58. The van der Waals surface area contributed by atoms with Gasteiger partial charge in [0, 0.05) is 24.1 Å². The van der Waals surface area contributed by atoms with Crippen molar-refractivity contribution in [3.63, 3.8) is 0 Å². The van der Waals surface area contributed by atoms with Crippen molar-refractivity contribution >= 4 is 26.8 Å². The van der Waals surface area contributed by atoms with Crippen LogP contribution < -0.4 is 4.74 Å². The molecule has 0 aliphatic carbocycles. The van der Waals surface area contributed by atoms with Gasteiger partial charge in [0.1, 0.15) is 5.75 Å². The molecule has 0 aliphatic heterocycles. The van der Waals surface area contributed by atoms with Crippen LogP contribution >= 0.6 is 15.9 Å². The Morgan fingerprint density at radius 2 is 2.10 bits per heavy atom. The molecule has 0 radical (unpaired) electrons. The highest BCUT2D eigenvalue weighted by atomic mass is 79.9. The molecule has 2 aromatic heterocycles. The second-order valence-corrected chi connectivity index (χ2v) is 5.86. The van der Waals surface area contributed by atoms with E-state index in [1.54, 1.807) is 0 Å². The molecule has 3 aromatic rings. The van der Waals surface area contributed by atoms with Crippen molar-refractivity contribution < 1.29 is 4.74 Å². The lowest BCUT2D eigenvalue weighted by molar-refractivity contribution is 0.340. The third-order valence-corrected chi connectivity index (χ3v) is 4.67. The van der Waals surface area contributed by atoms with Crippen molar-refractivity contribution in [2.45, 2.75) is 20.4 Å². The Hall–Kier alpha value is -1.75. The van der Waals surface area contributed by atoms with Gasteiger partial charge in [0.15, 0.2) is 0 Å². The van der Waals surface area contributed by atoms with Crippen molar-refractivity contribution in [1.29, 1.82) is 0 Å². The van der Waals surface area contributed by atoms with Crippen molar-refractivity contribution in [1.82, 2.24) is 14.3 Å². The summed E-state index contributed by atoms with van der Waals surface area (Å²) in [6.07, 6.45) is 2.11. The maximum atomic E-state index is 5.55. The first-order valence-electron chi connectivity index (χ1n) is 6.99. The topological polar surface area (TPSA) is 32.0 Å². The molecular formula is C16H18BrN3O. The number of fused-ring (bicyclic) bond motifs is 1. The summed E-state index contributed by atoms with van der Waals surface area (Å²) < 4.78 is 10.8. The number of aryl methyl sites for hydroxylation is 2. The molecule has 0 bridgehead atoms. The van der Waals surface area contributed by atoms with Gasteiger partial charge in [0.25, 0.3) is 0 Å². The van der Waals surface area contributed by atoms with E-state index in [9.17, 15) is 0 Å². The molecule has 0 spiro atoms. The van der Waals surface area contributed by atoms with Crippen LogP contribution in [0.25, 0.3) is 10.9 Å². The van der Waals surface area contributed by atoms with E-state index in [0.29, 0.717) is 6.61 Å². The minimum absolute atomic E-state index is 0.688. The van der Waals surface area contributed by atoms with E-state index in [0.717, 1.165) is 22.5 Å². The lowest BCUT2D eigenvalue weighted by Crippen LogP contribution is -2.05. The monoisotopic (exact) mass is 347 g/mol. The van der Waals surface area contributed by atoms with E-state index in [2.05, 4.69) is 50.0 Å². The fraction of sp³-hybridized carbons (Fsp3) is 0.312. The van der Waals surface area contributed by atoms with E-state index in [-0.39, 0.29) is 0 Å². The number of hydrogen-bond donors (Lipinski definition) is 0. The van der Waals surface area contributed by atoms with Gasteiger partial charge in [-0.2, -0.15) is 5.10 Å². The molecule has 0 saturated carbocycles. The number of nitrogens with zero attached hydrogens (tertiary/aromatic N) is 3. The average Bonchev–Trinajstić information content (AvgIpc) is 2.96. The zero-order chi connectivity index (χ0) is 15.0. The summed E-state index contributed by atoms with van der Waals surface area (Å²) >= 11 is 3.63. The molecule has 0 atom stereocenters. The second-order valence-electron chi connectivity index (χ2n) is 5.07. The van der Waals surface area contributed by atoms with Crippen LogP contribution in [-0.2, 0) is 13.6 Å². The first-order chi connectivity index (χ1) is 10.1. The Morgan fingerprint density at radius 3 is 2.76 bits per heavy atom. The largest absolute Gasteiger partial charge is 0.494 e. The van der Waals surface area contributed by atoms with Crippen molar-refractivity contribution in [2.24, 2.45) is 7.05 Å². The molecule has 2 heterocycles. The van der Waals surface area contributed by atoms with E-state index >= 15 is 0 Å². The second kappa shape index (κ2) is 5.56. The van der Waals surface area contributed by atoms with Crippen LogP contribution in [0, 0.1) is 6.92 Å². The zero-order valence-corrected chi connectivity index (χ0v) is 14.0. The number of halogens is 1. The van der Waals surface area contributed by atoms with E-state index in [4.69, 9.17) is 4.74 Å². The van der Waals surface area contributed by atoms with Gasteiger partial charge < -0.3 is 9.30 Å². The molecule has 110 valence electrons. The quantitative estimate of drug-likeness (QED) is 0.716. The summed E-state index contributed by atoms with van der Waals surface area (Å²) in [5.41, 5.74) is 3.38. The minimum Gasteiger partial charge on any atom is -0.494 e. The zero-order valence-electron chi connectivity index (χ0n) is 12.4. The van der Waals surface area contributed by atoms with Crippen molar-refractivity contribution in [3.05, 3.63) is 46.3 Å². The molecule has 0 amide bonds. The van der Waals surface area contributed by atoms with Crippen LogP contribution in [0.1, 0.15) is 18.3 Å². The standard InChI is InChI=1S/C16H18BrN3O/c1-4-21-13-5-6-14-12(9-13)7-8-20(14)10-15-16(17)11(2)18-19(15)3/h5-9H,4,10H2,1-3H3. The Morgan fingerprint density at radius 1 is 1.29 bits per heavy atom. The highest BCUT2D eigenvalue weighted by Crippen LogP contribution is 2.25. The normalized spacial score (nSPS) is 11.2. The number of ether oxygens (including phenoxy) is 1. The van der Waals surface area contributed by atoms with Gasteiger partial charge in [-0.05, 0) is 54.0 Å². The highest BCUT2D eigenvalue weighted by Gasteiger charge is 2.12. The van der Waals surface area contributed by atoms with Gasteiger partial charge in [-0.3, -0.25) is 4.68 Å². The van der Waals surface area contributed by atoms with E-state index in [1.807, 2.05) is 31.6 Å². The van der Waals surface area contributed by atoms with Crippen LogP contribution in [0.3, 0.4) is 0 Å². The predicted molar refractivity (Wildman–Crippen MR) is 87.9 cm³/mol. The number of benzene rings is 1. The third-order valence-electron chi connectivity index (χ3n) is 3.64. The maximum absolute atomic E-state index is 5.55. The number of aromatic nitrogens is 3. The summed E-state index contributed by atoms with van der Waals surface area (Å²) in [7, 11) is 1.98. The molecule has 4 nitrogen and oxygen atoms in total. The molecule has 0 saturated heterocycles. The van der Waals surface area contributed by atoms with Crippen LogP contribution in [0.2, 0.25) is 0 Å². The summed E-state index contributed by atoms with van der Waals surface area (Å²) in [4.78, 5) is 0. The van der Waals surface area contributed by atoms with E-state index < -0.39 is 0 Å². The van der Waals surface area contributed by atoms with Gasteiger partial charge >= 0.3 is 0 Å². The number of rotatable bonds is 4. The predicted octanol–water partition coefficient (Wildman–Crippen LogP) is 3.89. The summed E-state index contributed by atoms with van der Waals surface area (Å²) in [5, 5.41) is 5.64. The Balaban J connectivity index is 1.98. The molecule has 0 N–H and O–H groups in total. The van der Waals surface area contributed by atoms with Crippen LogP contribution in [0.5, 0.6) is 5.75 Å². The van der Waals surface area contributed by atoms with Crippen LogP contribution in [0.4, 0.5) is 0 Å². The Kier molecular flexibility index (Phi) is 3.76. The molecule has 0 aliphatic rings. The average molecular weight is 348 g/mol. The molecule has 0 fully saturated rings. The van der Waals surface area contributed by atoms with Crippen molar-refractivity contribution in [2.75, 3.05) is 6.61 Å². The maximum Gasteiger partial charge on any atom is 0.120 e. The lowest BCUT2D eigenvalue weighted by atomic mass is 10.2. The van der Waals surface area contributed by atoms with Gasteiger partial charge in [-0.15, -0.1) is 0 Å². The summed E-state index contributed by atoms with van der Waals surface area (Å²) in [5.74, 6) is 0.917. The highest BCUT2D eigenvalue weighted by molar-refractivity contribution is 9.10. The molecule has 0 unspecified atom stereocenters. The molecule has 3 rings (SSSR count). The fourth-order valence-corrected chi connectivity index (χ4v) is 3.05. The van der Waals surface area contributed by atoms with E-state index in [1.165, 1.54) is 16.6 Å². The first kappa shape index (κ1) is 14.2. The molecule has 21 heavy (non-hydrogen) atoms. The fourth-order valence-electron chi connectivity index (χ4n) is 2.59. The number of hydrogen-bond acceptors (Lipinski definition) is 2. The van der Waals surface area contributed by atoms with Crippen molar-refractivity contribution in [3.8, 4) is 5.75 Å². The Labute approximate surface area is 132 Å². The summed E-state index contributed by atoms with van der Waals surface area (Å²) in [6, 6.07) is 8.33. The van der Waals surface area contributed by atoms with Gasteiger partial charge in [-0.1, -0.05) is 0 Å². The smallest absolute Gasteiger partial charge is 0.120 e. The SMILES string of the molecule is CCOc1ccc2c(ccn2Cc2c(Br)c(C)nn2C)c1. The molecule has 5 heteroatoms. The minimum atomic E-state index is 0.688. The lowest BCUT2D eigenvalue weighted by Gasteiger charge is -2.08. The van der Waals surface area contributed by atoms with Crippen LogP contribution in [-0.4, -0.2) is 21.0 Å². The molecular weight excluding hydrogens is 330 g/mol. The summed E-state index contributed by atoms with van der Waals surface area (Å²) in [6.45, 7) is 5.48. The van der Waals surface area contributed by atoms with Crippen LogP contribution in [0.15, 0.2) is 34.9 Å². The van der Waals surface area contributed by atoms with Gasteiger partial charge in [0.05, 0.1) is 29.0 Å². The van der Waals surface area contributed by atoms with Gasteiger partial charge in [-0.25, -0.2) is 0 Å². The molecule has 1 aromatic carbocycles. The first-order valence-corrected chi connectivity index (χ1v) is 7.79. The van der Waals surface area contributed by atoms with Gasteiger partial charge in [0.2, 0.25) is 0 Å².